The van der Waals surface area contributed by atoms with E-state index in [0.717, 1.165) is 11.7 Å². The van der Waals surface area contributed by atoms with Crippen LogP contribution >= 0.6 is 11.8 Å². The number of rotatable bonds is 5. The molecule has 0 aliphatic rings. The molecule has 0 bridgehead atoms. The van der Waals surface area contributed by atoms with Crippen LogP contribution in [0.3, 0.4) is 0 Å². The van der Waals surface area contributed by atoms with E-state index < -0.39 is 5.60 Å². The monoisotopic (exact) mass is 176 g/mol. The summed E-state index contributed by atoms with van der Waals surface area (Å²) in [5.74, 6) is 2.79. The fourth-order valence-electron chi connectivity index (χ4n) is 0.628. The molecule has 1 unspecified atom stereocenters. The SMILES string of the molecule is CCC(C)CSCC(C)(C)O. The molecule has 0 saturated heterocycles. The summed E-state index contributed by atoms with van der Waals surface area (Å²) in [7, 11) is 0. The highest BCUT2D eigenvalue weighted by molar-refractivity contribution is 7.99. The Kier molecular flexibility index (Phi) is 5.19. The molecular weight excluding hydrogens is 156 g/mol. The highest BCUT2D eigenvalue weighted by Crippen LogP contribution is 2.16. The zero-order valence-corrected chi connectivity index (χ0v) is 8.87. The summed E-state index contributed by atoms with van der Waals surface area (Å²) >= 11 is 1.84. The van der Waals surface area contributed by atoms with E-state index in [9.17, 15) is 5.11 Å². The molecule has 1 N–H and O–H groups in total. The fourth-order valence-corrected chi connectivity index (χ4v) is 1.88. The van der Waals surface area contributed by atoms with Crippen molar-refractivity contribution in [3.05, 3.63) is 0 Å². The van der Waals surface area contributed by atoms with E-state index in [-0.39, 0.29) is 0 Å². The Morgan fingerprint density at radius 1 is 1.45 bits per heavy atom. The molecule has 0 aliphatic heterocycles. The molecule has 0 aromatic carbocycles. The van der Waals surface area contributed by atoms with E-state index in [1.165, 1.54) is 12.2 Å². The van der Waals surface area contributed by atoms with Crippen molar-refractivity contribution in [3.63, 3.8) is 0 Å². The lowest BCUT2D eigenvalue weighted by Crippen LogP contribution is -2.22. The maximum atomic E-state index is 9.38. The van der Waals surface area contributed by atoms with Crippen LogP contribution in [0, 0.1) is 5.92 Å². The van der Waals surface area contributed by atoms with Crippen LogP contribution in [0.5, 0.6) is 0 Å². The molecular formula is C9H20OS. The first-order chi connectivity index (χ1) is 4.95. The van der Waals surface area contributed by atoms with Gasteiger partial charge < -0.3 is 5.11 Å². The zero-order valence-electron chi connectivity index (χ0n) is 8.05. The Labute approximate surface area is 74.6 Å². The lowest BCUT2D eigenvalue weighted by atomic mass is 10.2. The van der Waals surface area contributed by atoms with E-state index in [2.05, 4.69) is 13.8 Å². The molecule has 0 aliphatic carbocycles. The topological polar surface area (TPSA) is 20.2 Å². The molecule has 1 nitrogen and oxygen atoms in total. The lowest BCUT2D eigenvalue weighted by molar-refractivity contribution is 0.107. The Balaban J connectivity index is 3.28. The third-order valence-electron chi connectivity index (χ3n) is 1.55. The molecule has 11 heavy (non-hydrogen) atoms. The van der Waals surface area contributed by atoms with Crippen LogP contribution in [0.15, 0.2) is 0 Å². The van der Waals surface area contributed by atoms with Gasteiger partial charge in [0.25, 0.3) is 0 Å². The lowest BCUT2D eigenvalue weighted by Gasteiger charge is -2.17. The Morgan fingerprint density at radius 3 is 2.36 bits per heavy atom. The fraction of sp³-hybridized carbons (Fsp3) is 1.00. The number of hydrogen-bond donors (Lipinski definition) is 1. The largest absolute Gasteiger partial charge is 0.390 e. The van der Waals surface area contributed by atoms with E-state index in [1.54, 1.807) is 0 Å². The van der Waals surface area contributed by atoms with Gasteiger partial charge in [0.2, 0.25) is 0 Å². The smallest absolute Gasteiger partial charge is 0.0681 e. The van der Waals surface area contributed by atoms with Crippen LogP contribution in [0.2, 0.25) is 0 Å². The first-order valence-electron chi connectivity index (χ1n) is 4.26. The highest BCUT2D eigenvalue weighted by atomic mass is 32.2. The van der Waals surface area contributed by atoms with Crippen LogP contribution in [0.4, 0.5) is 0 Å². The molecule has 0 amide bonds. The summed E-state index contributed by atoms with van der Waals surface area (Å²) in [5, 5.41) is 9.38. The van der Waals surface area contributed by atoms with Gasteiger partial charge in [0, 0.05) is 5.75 Å². The van der Waals surface area contributed by atoms with E-state index in [1.807, 2.05) is 25.6 Å². The van der Waals surface area contributed by atoms with Crippen molar-refractivity contribution in [2.45, 2.75) is 39.7 Å². The highest BCUT2D eigenvalue weighted by Gasteiger charge is 2.12. The summed E-state index contributed by atoms with van der Waals surface area (Å²) in [6.07, 6.45) is 1.23. The third kappa shape index (κ3) is 8.21. The minimum atomic E-state index is -0.502. The van der Waals surface area contributed by atoms with Gasteiger partial charge >= 0.3 is 0 Å². The molecule has 0 aromatic heterocycles. The number of hydrogen-bond acceptors (Lipinski definition) is 2. The van der Waals surface area contributed by atoms with Crippen LogP contribution < -0.4 is 0 Å². The Hall–Kier alpha value is 0.310. The van der Waals surface area contributed by atoms with Crippen LogP contribution in [-0.4, -0.2) is 22.2 Å². The van der Waals surface area contributed by atoms with E-state index in [4.69, 9.17) is 0 Å². The van der Waals surface area contributed by atoms with Crippen molar-refractivity contribution in [3.8, 4) is 0 Å². The molecule has 0 spiro atoms. The first kappa shape index (κ1) is 11.3. The summed E-state index contributed by atoms with van der Waals surface area (Å²) in [6, 6.07) is 0. The summed E-state index contributed by atoms with van der Waals surface area (Å²) in [4.78, 5) is 0. The van der Waals surface area contributed by atoms with Crippen molar-refractivity contribution in [2.75, 3.05) is 11.5 Å². The normalized spacial score (nSPS) is 15.0. The van der Waals surface area contributed by atoms with E-state index in [0.29, 0.717) is 0 Å². The number of aliphatic hydroxyl groups is 1. The van der Waals surface area contributed by atoms with Gasteiger partial charge in [-0.25, -0.2) is 0 Å². The first-order valence-corrected chi connectivity index (χ1v) is 5.41. The Bertz CT molecular complexity index is 96.2. The van der Waals surface area contributed by atoms with Gasteiger partial charge in [-0.3, -0.25) is 0 Å². The average Bonchev–Trinajstić information content (AvgIpc) is 1.85. The summed E-state index contributed by atoms with van der Waals surface area (Å²) < 4.78 is 0. The second kappa shape index (κ2) is 5.04. The van der Waals surface area contributed by atoms with Crippen molar-refractivity contribution in [2.24, 2.45) is 5.92 Å². The summed E-state index contributed by atoms with van der Waals surface area (Å²) in [6.45, 7) is 8.17. The van der Waals surface area contributed by atoms with E-state index >= 15 is 0 Å². The molecule has 0 saturated carbocycles. The van der Waals surface area contributed by atoms with Gasteiger partial charge in [0.1, 0.15) is 0 Å². The maximum Gasteiger partial charge on any atom is 0.0681 e. The van der Waals surface area contributed by atoms with Gasteiger partial charge in [0.15, 0.2) is 0 Å². The molecule has 0 aromatic rings. The molecule has 0 rings (SSSR count). The van der Waals surface area contributed by atoms with Crippen LogP contribution in [0.1, 0.15) is 34.1 Å². The predicted octanol–water partition coefficient (Wildman–Crippen LogP) is 2.54. The van der Waals surface area contributed by atoms with Crippen molar-refractivity contribution < 1.29 is 5.11 Å². The number of thioether (sulfide) groups is 1. The van der Waals surface area contributed by atoms with Gasteiger partial charge in [0.05, 0.1) is 5.60 Å². The zero-order chi connectivity index (χ0) is 8.91. The molecule has 0 fully saturated rings. The second-order valence-corrected chi connectivity index (χ2v) is 4.87. The minimum Gasteiger partial charge on any atom is -0.390 e. The van der Waals surface area contributed by atoms with Gasteiger partial charge in [-0.2, -0.15) is 11.8 Å². The quantitative estimate of drug-likeness (QED) is 0.694. The predicted molar refractivity (Wildman–Crippen MR) is 53.1 cm³/mol. The van der Waals surface area contributed by atoms with Gasteiger partial charge in [-0.05, 0) is 25.5 Å². The Morgan fingerprint density at radius 2 is 2.00 bits per heavy atom. The third-order valence-corrected chi connectivity index (χ3v) is 3.27. The average molecular weight is 176 g/mol. The second-order valence-electron chi connectivity index (χ2n) is 3.84. The minimum absolute atomic E-state index is 0.502. The van der Waals surface area contributed by atoms with Gasteiger partial charge in [-0.1, -0.05) is 20.3 Å². The summed E-state index contributed by atoms with van der Waals surface area (Å²) in [5.41, 5.74) is -0.502. The molecule has 0 heterocycles. The maximum absolute atomic E-state index is 9.38. The van der Waals surface area contributed by atoms with Crippen molar-refractivity contribution in [1.29, 1.82) is 0 Å². The molecule has 2 heteroatoms. The standard InChI is InChI=1S/C9H20OS/c1-5-8(2)6-11-7-9(3,4)10/h8,10H,5-7H2,1-4H3. The molecule has 1 atom stereocenters. The van der Waals surface area contributed by atoms with Crippen molar-refractivity contribution >= 4 is 11.8 Å². The van der Waals surface area contributed by atoms with Gasteiger partial charge in [-0.15, -0.1) is 0 Å². The molecule has 68 valence electrons. The van der Waals surface area contributed by atoms with Crippen LogP contribution in [-0.2, 0) is 0 Å². The van der Waals surface area contributed by atoms with Crippen LogP contribution in [0.25, 0.3) is 0 Å². The van der Waals surface area contributed by atoms with Crippen molar-refractivity contribution in [1.82, 2.24) is 0 Å². The molecule has 0 radical (unpaired) electrons.